The van der Waals surface area contributed by atoms with Gasteiger partial charge in [0.15, 0.2) is 5.75 Å². The van der Waals surface area contributed by atoms with Crippen LogP contribution < -0.4 is 4.74 Å². The molecule has 0 saturated heterocycles. The Kier molecular flexibility index (Phi) is 4.42. The fraction of sp³-hybridized carbons (Fsp3) is 0.455. The Morgan fingerprint density at radius 3 is 2.59 bits per heavy atom. The zero-order valence-corrected chi connectivity index (χ0v) is 9.66. The highest BCUT2D eigenvalue weighted by molar-refractivity contribution is 5.48. The van der Waals surface area contributed by atoms with Crippen molar-refractivity contribution in [3.05, 3.63) is 33.9 Å². The third kappa shape index (κ3) is 3.40. The number of rotatable bonds is 5. The summed E-state index contributed by atoms with van der Waals surface area (Å²) in [6.07, 6.45) is -1.31. The topological polar surface area (TPSA) is 92.8 Å². The first-order chi connectivity index (χ1) is 7.95. The van der Waals surface area contributed by atoms with E-state index in [-0.39, 0.29) is 18.0 Å². The summed E-state index contributed by atoms with van der Waals surface area (Å²) in [5.74, 6) is 0.0509. The van der Waals surface area contributed by atoms with E-state index in [9.17, 15) is 15.2 Å². The molecule has 0 aliphatic heterocycles. The van der Waals surface area contributed by atoms with E-state index >= 15 is 0 Å². The lowest BCUT2D eigenvalue weighted by molar-refractivity contribution is -0.386. The van der Waals surface area contributed by atoms with Gasteiger partial charge < -0.3 is 14.9 Å². The zero-order chi connectivity index (χ0) is 13.0. The lowest BCUT2D eigenvalue weighted by Gasteiger charge is -2.17. The minimum atomic E-state index is -0.743. The third-order valence-corrected chi connectivity index (χ3v) is 2.40. The molecule has 0 aliphatic rings. The molecule has 94 valence electrons. The van der Waals surface area contributed by atoms with Gasteiger partial charge in [-0.3, -0.25) is 10.1 Å². The van der Waals surface area contributed by atoms with Crippen LogP contribution in [0.4, 0.5) is 5.69 Å². The highest BCUT2D eigenvalue weighted by atomic mass is 16.6. The SMILES string of the molecule is CC(O)C(C)Oc1cc(CO)ccc1[N+](=O)[O-]. The molecule has 0 radical (unpaired) electrons. The molecule has 0 fully saturated rings. The van der Waals surface area contributed by atoms with Crippen LogP contribution in [-0.4, -0.2) is 27.3 Å². The summed E-state index contributed by atoms with van der Waals surface area (Å²) in [5, 5.41) is 29.0. The van der Waals surface area contributed by atoms with Crippen LogP contribution in [0.3, 0.4) is 0 Å². The van der Waals surface area contributed by atoms with E-state index in [4.69, 9.17) is 9.84 Å². The molecule has 6 nitrogen and oxygen atoms in total. The molecular weight excluding hydrogens is 226 g/mol. The number of nitro groups is 1. The minimum Gasteiger partial charge on any atom is -0.481 e. The Labute approximate surface area is 98.6 Å². The number of nitro benzene ring substituents is 1. The summed E-state index contributed by atoms with van der Waals surface area (Å²) < 4.78 is 5.31. The summed E-state index contributed by atoms with van der Waals surface area (Å²) in [7, 11) is 0. The molecule has 1 aromatic rings. The van der Waals surface area contributed by atoms with Crippen LogP contribution >= 0.6 is 0 Å². The first-order valence-electron chi connectivity index (χ1n) is 5.18. The predicted octanol–water partition coefficient (Wildman–Crippen LogP) is 1.24. The molecule has 0 heterocycles. The number of ether oxygens (including phenoxy) is 1. The summed E-state index contributed by atoms with van der Waals surface area (Å²) in [6.45, 7) is 2.92. The van der Waals surface area contributed by atoms with Crippen LogP contribution in [0.25, 0.3) is 0 Å². The summed E-state index contributed by atoms with van der Waals surface area (Å²) >= 11 is 0. The van der Waals surface area contributed by atoms with Crippen molar-refractivity contribution >= 4 is 5.69 Å². The molecule has 6 heteroatoms. The smallest absolute Gasteiger partial charge is 0.310 e. The van der Waals surface area contributed by atoms with Crippen molar-refractivity contribution in [3.63, 3.8) is 0 Å². The van der Waals surface area contributed by atoms with Crippen molar-refractivity contribution in [2.45, 2.75) is 32.7 Å². The summed E-state index contributed by atoms with van der Waals surface area (Å²) in [4.78, 5) is 10.2. The van der Waals surface area contributed by atoms with Crippen molar-refractivity contribution in [3.8, 4) is 5.75 Å². The van der Waals surface area contributed by atoms with Gasteiger partial charge in [0, 0.05) is 6.07 Å². The molecule has 0 saturated carbocycles. The molecule has 0 aliphatic carbocycles. The van der Waals surface area contributed by atoms with Gasteiger partial charge in [0.1, 0.15) is 6.10 Å². The van der Waals surface area contributed by atoms with Gasteiger partial charge in [0.2, 0.25) is 0 Å². The molecule has 1 rings (SSSR count). The molecule has 17 heavy (non-hydrogen) atoms. The Bertz CT molecular complexity index is 405. The molecule has 0 aromatic heterocycles. The van der Waals surface area contributed by atoms with Crippen LogP contribution in [0.2, 0.25) is 0 Å². The average Bonchev–Trinajstić information content (AvgIpc) is 2.28. The van der Waals surface area contributed by atoms with Crippen molar-refractivity contribution in [1.82, 2.24) is 0 Å². The average molecular weight is 241 g/mol. The van der Waals surface area contributed by atoms with Crippen molar-refractivity contribution in [1.29, 1.82) is 0 Å². The van der Waals surface area contributed by atoms with E-state index in [1.807, 2.05) is 0 Å². The van der Waals surface area contributed by atoms with Gasteiger partial charge in [-0.2, -0.15) is 0 Å². The second kappa shape index (κ2) is 5.60. The molecular formula is C11H15NO5. The molecule has 0 spiro atoms. The first kappa shape index (κ1) is 13.4. The lowest BCUT2D eigenvalue weighted by Crippen LogP contribution is -2.25. The van der Waals surface area contributed by atoms with Crippen LogP contribution in [0, 0.1) is 10.1 Å². The Morgan fingerprint density at radius 1 is 1.47 bits per heavy atom. The maximum atomic E-state index is 10.8. The van der Waals surface area contributed by atoms with E-state index < -0.39 is 17.1 Å². The van der Waals surface area contributed by atoms with Crippen molar-refractivity contribution in [2.24, 2.45) is 0 Å². The van der Waals surface area contributed by atoms with Crippen LogP contribution in [-0.2, 0) is 6.61 Å². The maximum absolute atomic E-state index is 10.8. The summed E-state index contributed by atoms with van der Waals surface area (Å²) in [6, 6.07) is 4.13. The number of benzene rings is 1. The van der Waals surface area contributed by atoms with Gasteiger partial charge >= 0.3 is 5.69 Å². The lowest BCUT2D eigenvalue weighted by atomic mass is 10.2. The molecule has 2 unspecified atom stereocenters. The normalized spacial score (nSPS) is 14.1. The monoisotopic (exact) mass is 241 g/mol. The van der Waals surface area contributed by atoms with E-state index in [2.05, 4.69) is 0 Å². The largest absolute Gasteiger partial charge is 0.481 e. The summed E-state index contributed by atoms with van der Waals surface area (Å²) in [5.41, 5.74) is 0.332. The molecule has 0 amide bonds. The standard InChI is InChI=1S/C11H15NO5/c1-7(14)8(2)17-11-5-9(6-13)3-4-10(11)12(15)16/h3-5,7-8,13-14H,6H2,1-2H3. The quantitative estimate of drug-likeness (QED) is 0.597. The molecule has 1 aromatic carbocycles. The van der Waals surface area contributed by atoms with Crippen LogP contribution in [0.1, 0.15) is 19.4 Å². The van der Waals surface area contributed by atoms with Crippen molar-refractivity contribution in [2.75, 3.05) is 0 Å². The number of hydrogen-bond acceptors (Lipinski definition) is 5. The zero-order valence-electron chi connectivity index (χ0n) is 9.66. The Hall–Kier alpha value is -1.66. The van der Waals surface area contributed by atoms with Crippen LogP contribution in [0.5, 0.6) is 5.75 Å². The van der Waals surface area contributed by atoms with Gasteiger partial charge in [0.05, 0.1) is 17.6 Å². The highest BCUT2D eigenvalue weighted by Gasteiger charge is 2.19. The fourth-order valence-corrected chi connectivity index (χ4v) is 1.20. The second-order valence-electron chi connectivity index (χ2n) is 3.78. The molecule has 2 atom stereocenters. The maximum Gasteiger partial charge on any atom is 0.310 e. The van der Waals surface area contributed by atoms with Gasteiger partial charge in [-0.15, -0.1) is 0 Å². The molecule has 0 bridgehead atoms. The third-order valence-electron chi connectivity index (χ3n) is 2.40. The Morgan fingerprint density at radius 2 is 2.12 bits per heavy atom. The molecule has 2 N–H and O–H groups in total. The fourth-order valence-electron chi connectivity index (χ4n) is 1.20. The number of aliphatic hydroxyl groups excluding tert-OH is 2. The van der Waals surface area contributed by atoms with E-state index in [1.54, 1.807) is 6.92 Å². The van der Waals surface area contributed by atoms with Gasteiger partial charge in [-0.05, 0) is 31.5 Å². The van der Waals surface area contributed by atoms with Gasteiger partial charge in [-0.1, -0.05) is 0 Å². The van der Waals surface area contributed by atoms with Crippen LogP contribution in [0.15, 0.2) is 18.2 Å². The highest BCUT2D eigenvalue weighted by Crippen LogP contribution is 2.29. The second-order valence-corrected chi connectivity index (χ2v) is 3.78. The minimum absolute atomic E-state index is 0.0509. The Balaban J connectivity index is 3.05. The van der Waals surface area contributed by atoms with Gasteiger partial charge in [0.25, 0.3) is 0 Å². The van der Waals surface area contributed by atoms with E-state index in [0.717, 1.165) is 0 Å². The van der Waals surface area contributed by atoms with Gasteiger partial charge in [-0.25, -0.2) is 0 Å². The number of hydrogen-bond donors (Lipinski definition) is 2. The first-order valence-corrected chi connectivity index (χ1v) is 5.18. The number of aliphatic hydroxyl groups is 2. The number of nitrogens with zero attached hydrogens (tertiary/aromatic N) is 1. The van der Waals surface area contributed by atoms with E-state index in [0.29, 0.717) is 5.56 Å². The van der Waals surface area contributed by atoms with Crippen molar-refractivity contribution < 1.29 is 19.9 Å². The predicted molar refractivity (Wildman–Crippen MR) is 60.8 cm³/mol. The van der Waals surface area contributed by atoms with E-state index in [1.165, 1.54) is 25.1 Å².